The number of amides is 1. The Morgan fingerprint density at radius 2 is 1.95 bits per heavy atom. The van der Waals surface area contributed by atoms with Crippen LogP contribution >= 0.6 is 0 Å². The summed E-state index contributed by atoms with van der Waals surface area (Å²) in [6.45, 7) is 6.12. The molecule has 0 unspecified atom stereocenters. The minimum Gasteiger partial charge on any atom is -0.444 e. The SMILES string of the molecule is CC(C)(C)OC(=O)N1CC[C@@H](C(=O)c2ccccc2F)C1. The second-order valence-corrected chi connectivity index (χ2v) is 6.26. The Balaban J connectivity index is 2.01. The fourth-order valence-electron chi connectivity index (χ4n) is 2.35. The first-order valence-electron chi connectivity index (χ1n) is 7.04. The Bertz CT molecular complexity index is 551. The maximum Gasteiger partial charge on any atom is 0.410 e. The lowest BCUT2D eigenvalue weighted by Gasteiger charge is -2.24. The third-order valence-corrected chi connectivity index (χ3v) is 3.35. The number of carbonyl (C=O) groups is 2. The number of halogens is 1. The number of Topliss-reactive ketones (excluding diaryl/α,β-unsaturated/α-hetero) is 1. The normalized spacial score (nSPS) is 18.7. The molecule has 1 saturated heterocycles. The van der Waals surface area contributed by atoms with Gasteiger partial charge in [-0.3, -0.25) is 4.79 Å². The summed E-state index contributed by atoms with van der Waals surface area (Å²) in [7, 11) is 0. The summed E-state index contributed by atoms with van der Waals surface area (Å²) in [5.74, 6) is -1.13. The number of likely N-dealkylation sites (tertiary alicyclic amines) is 1. The molecule has 1 amide bonds. The molecule has 5 heteroatoms. The Kier molecular flexibility index (Phi) is 4.30. The van der Waals surface area contributed by atoms with Gasteiger partial charge in [-0.2, -0.15) is 0 Å². The summed E-state index contributed by atoms with van der Waals surface area (Å²) in [5.41, 5.74) is -0.474. The molecule has 21 heavy (non-hydrogen) atoms. The molecule has 0 saturated carbocycles. The maximum absolute atomic E-state index is 13.6. The van der Waals surface area contributed by atoms with Crippen molar-refractivity contribution < 1.29 is 18.7 Å². The van der Waals surface area contributed by atoms with Crippen molar-refractivity contribution in [2.24, 2.45) is 5.92 Å². The third kappa shape index (κ3) is 3.80. The summed E-state index contributed by atoms with van der Waals surface area (Å²) in [6, 6.07) is 5.94. The smallest absolute Gasteiger partial charge is 0.410 e. The number of ketones is 1. The summed E-state index contributed by atoms with van der Waals surface area (Å²) in [4.78, 5) is 25.8. The van der Waals surface area contributed by atoms with Crippen LogP contribution in [-0.4, -0.2) is 35.5 Å². The Morgan fingerprint density at radius 3 is 2.57 bits per heavy atom. The second kappa shape index (κ2) is 5.84. The van der Waals surface area contributed by atoms with Gasteiger partial charge in [0.2, 0.25) is 0 Å². The van der Waals surface area contributed by atoms with E-state index in [0.717, 1.165) is 0 Å². The molecule has 2 rings (SSSR count). The van der Waals surface area contributed by atoms with E-state index in [-0.39, 0.29) is 23.8 Å². The monoisotopic (exact) mass is 293 g/mol. The molecule has 1 aliphatic heterocycles. The first-order chi connectivity index (χ1) is 9.78. The number of carbonyl (C=O) groups excluding carboxylic acids is 2. The van der Waals surface area contributed by atoms with Crippen molar-refractivity contribution in [1.82, 2.24) is 4.90 Å². The van der Waals surface area contributed by atoms with Crippen molar-refractivity contribution >= 4 is 11.9 Å². The lowest BCUT2D eigenvalue weighted by Crippen LogP contribution is -2.35. The van der Waals surface area contributed by atoms with Gasteiger partial charge < -0.3 is 9.64 Å². The second-order valence-electron chi connectivity index (χ2n) is 6.26. The lowest BCUT2D eigenvalue weighted by atomic mass is 9.97. The van der Waals surface area contributed by atoms with Gasteiger partial charge in [-0.1, -0.05) is 12.1 Å². The molecule has 4 nitrogen and oxygen atoms in total. The van der Waals surface area contributed by atoms with E-state index < -0.39 is 17.5 Å². The lowest BCUT2D eigenvalue weighted by molar-refractivity contribution is 0.0289. The van der Waals surface area contributed by atoms with Gasteiger partial charge in [0, 0.05) is 19.0 Å². The predicted molar refractivity (Wildman–Crippen MR) is 76.6 cm³/mol. The van der Waals surface area contributed by atoms with E-state index in [1.165, 1.54) is 17.0 Å². The standard InChI is InChI=1S/C16H20FNO3/c1-16(2,3)21-15(20)18-9-8-11(10-18)14(19)12-6-4-5-7-13(12)17/h4-7,11H,8-10H2,1-3H3/t11-/m1/s1. The fraction of sp³-hybridized carbons (Fsp3) is 0.500. The van der Waals surface area contributed by atoms with Crippen molar-refractivity contribution in [3.8, 4) is 0 Å². The Labute approximate surface area is 123 Å². The van der Waals surface area contributed by atoms with E-state index in [0.29, 0.717) is 13.0 Å². The van der Waals surface area contributed by atoms with Crippen LogP contribution in [0.25, 0.3) is 0 Å². The average Bonchev–Trinajstić information content (AvgIpc) is 2.86. The number of benzene rings is 1. The van der Waals surface area contributed by atoms with E-state index >= 15 is 0 Å². The fourth-order valence-corrected chi connectivity index (χ4v) is 2.35. The van der Waals surface area contributed by atoms with E-state index in [1.54, 1.807) is 32.9 Å². The Morgan fingerprint density at radius 1 is 1.29 bits per heavy atom. The zero-order valence-corrected chi connectivity index (χ0v) is 12.6. The number of rotatable bonds is 2. The van der Waals surface area contributed by atoms with E-state index in [4.69, 9.17) is 4.74 Å². The van der Waals surface area contributed by atoms with Gasteiger partial charge in [0.1, 0.15) is 11.4 Å². The molecule has 1 heterocycles. The highest BCUT2D eigenvalue weighted by atomic mass is 19.1. The molecule has 0 spiro atoms. The van der Waals surface area contributed by atoms with Crippen LogP contribution in [0.3, 0.4) is 0 Å². The van der Waals surface area contributed by atoms with Crippen molar-refractivity contribution in [1.29, 1.82) is 0 Å². The van der Waals surface area contributed by atoms with Crippen LogP contribution in [0.5, 0.6) is 0 Å². The molecule has 0 aromatic heterocycles. The first-order valence-corrected chi connectivity index (χ1v) is 7.04. The van der Waals surface area contributed by atoms with Gasteiger partial charge >= 0.3 is 6.09 Å². The topological polar surface area (TPSA) is 46.6 Å². The quantitative estimate of drug-likeness (QED) is 0.786. The van der Waals surface area contributed by atoms with Crippen molar-refractivity contribution in [2.45, 2.75) is 32.8 Å². The molecule has 1 atom stereocenters. The molecular formula is C16H20FNO3. The number of hydrogen-bond acceptors (Lipinski definition) is 3. The minimum absolute atomic E-state index is 0.0912. The largest absolute Gasteiger partial charge is 0.444 e. The van der Waals surface area contributed by atoms with Crippen molar-refractivity contribution in [2.75, 3.05) is 13.1 Å². The number of nitrogens with zero attached hydrogens (tertiary/aromatic N) is 1. The van der Waals surface area contributed by atoms with Crippen LogP contribution in [-0.2, 0) is 4.74 Å². The molecule has 0 N–H and O–H groups in total. The highest BCUT2D eigenvalue weighted by molar-refractivity contribution is 5.98. The minimum atomic E-state index is -0.565. The van der Waals surface area contributed by atoms with Crippen LogP contribution in [0.2, 0.25) is 0 Å². The van der Waals surface area contributed by atoms with Gasteiger partial charge in [-0.15, -0.1) is 0 Å². The highest BCUT2D eigenvalue weighted by Crippen LogP contribution is 2.23. The van der Waals surface area contributed by atoms with Crippen LogP contribution in [0, 0.1) is 11.7 Å². The maximum atomic E-state index is 13.6. The van der Waals surface area contributed by atoms with Crippen LogP contribution < -0.4 is 0 Å². The molecular weight excluding hydrogens is 273 g/mol. The molecule has 0 bridgehead atoms. The Hall–Kier alpha value is -1.91. The van der Waals surface area contributed by atoms with Crippen molar-refractivity contribution in [3.05, 3.63) is 35.6 Å². The van der Waals surface area contributed by atoms with Crippen LogP contribution in [0.4, 0.5) is 9.18 Å². The zero-order chi connectivity index (χ0) is 15.6. The average molecular weight is 293 g/mol. The van der Waals surface area contributed by atoms with E-state index in [9.17, 15) is 14.0 Å². The van der Waals surface area contributed by atoms with E-state index in [1.807, 2.05) is 0 Å². The van der Waals surface area contributed by atoms with Gasteiger partial charge in [0.25, 0.3) is 0 Å². The number of ether oxygens (including phenoxy) is 1. The molecule has 1 aliphatic rings. The van der Waals surface area contributed by atoms with Crippen LogP contribution in [0.15, 0.2) is 24.3 Å². The summed E-state index contributed by atoms with van der Waals surface area (Å²) < 4.78 is 18.9. The summed E-state index contributed by atoms with van der Waals surface area (Å²) in [5, 5.41) is 0. The van der Waals surface area contributed by atoms with Crippen molar-refractivity contribution in [3.63, 3.8) is 0 Å². The molecule has 1 fully saturated rings. The van der Waals surface area contributed by atoms with Gasteiger partial charge in [-0.05, 0) is 39.3 Å². The molecule has 0 radical (unpaired) electrons. The summed E-state index contributed by atoms with van der Waals surface area (Å²) in [6.07, 6.45) is 0.109. The molecule has 114 valence electrons. The number of hydrogen-bond donors (Lipinski definition) is 0. The highest BCUT2D eigenvalue weighted by Gasteiger charge is 2.34. The third-order valence-electron chi connectivity index (χ3n) is 3.35. The molecule has 1 aromatic rings. The molecule has 0 aliphatic carbocycles. The van der Waals surface area contributed by atoms with Gasteiger partial charge in [0.05, 0.1) is 5.56 Å². The molecule has 1 aromatic carbocycles. The first kappa shape index (κ1) is 15.5. The van der Waals surface area contributed by atoms with Gasteiger partial charge in [-0.25, -0.2) is 9.18 Å². The zero-order valence-electron chi connectivity index (χ0n) is 12.6. The van der Waals surface area contributed by atoms with Crippen LogP contribution in [0.1, 0.15) is 37.6 Å². The van der Waals surface area contributed by atoms with E-state index in [2.05, 4.69) is 0 Å². The predicted octanol–water partition coefficient (Wildman–Crippen LogP) is 3.27. The summed E-state index contributed by atoms with van der Waals surface area (Å²) >= 11 is 0. The van der Waals surface area contributed by atoms with Gasteiger partial charge in [0.15, 0.2) is 5.78 Å².